The molecule has 0 aromatic heterocycles. The molecule has 1 amide bonds. The Bertz CT molecular complexity index is 926. The van der Waals surface area contributed by atoms with Crippen LogP contribution in [-0.2, 0) is 11.4 Å². The van der Waals surface area contributed by atoms with Crippen molar-refractivity contribution in [2.75, 3.05) is 14.2 Å². The first-order valence-corrected chi connectivity index (χ1v) is 10.2. The number of nitrogens with zero attached hydrogens (tertiary/aromatic N) is 1. The minimum absolute atomic E-state index is 0.0974. The molecule has 0 radical (unpaired) electrons. The summed E-state index contributed by atoms with van der Waals surface area (Å²) in [5.74, 6) is 1.12. The van der Waals surface area contributed by atoms with E-state index in [1.807, 2.05) is 24.3 Å². The Labute approximate surface area is 176 Å². The van der Waals surface area contributed by atoms with Crippen LogP contribution in [0.2, 0.25) is 0 Å². The predicted octanol–water partition coefficient (Wildman–Crippen LogP) is 5.18. The molecule has 140 valence electrons. The Morgan fingerprint density at radius 1 is 1.26 bits per heavy atom. The van der Waals surface area contributed by atoms with Gasteiger partial charge in [0.25, 0.3) is 5.91 Å². The number of aryl methyl sites for hydroxylation is 1. The van der Waals surface area contributed by atoms with E-state index in [4.69, 9.17) is 21.7 Å². The van der Waals surface area contributed by atoms with E-state index in [0.29, 0.717) is 27.3 Å². The van der Waals surface area contributed by atoms with Gasteiger partial charge in [-0.25, -0.2) is 0 Å². The maximum atomic E-state index is 12.2. The number of ether oxygens (including phenoxy) is 2. The average molecular weight is 464 g/mol. The molecule has 0 aliphatic carbocycles. The number of hydrogen-bond donors (Lipinski definition) is 0. The lowest BCUT2D eigenvalue weighted by Crippen LogP contribution is -2.22. The third kappa shape index (κ3) is 4.54. The Morgan fingerprint density at radius 3 is 2.56 bits per heavy atom. The molecule has 0 N–H and O–H groups in total. The fourth-order valence-electron chi connectivity index (χ4n) is 2.50. The number of rotatable bonds is 5. The Balaban J connectivity index is 1.84. The number of carbonyl (C=O) groups is 1. The van der Waals surface area contributed by atoms with Crippen molar-refractivity contribution in [3.8, 4) is 11.5 Å². The molecular weight excluding hydrogens is 446 g/mol. The van der Waals surface area contributed by atoms with Crippen LogP contribution in [0.1, 0.15) is 16.7 Å². The predicted molar refractivity (Wildman–Crippen MR) is 117 cm³/mol. The molecule has 0 bridgehead atoms. The van der Waals surface area contributed by atoms with Gasteiger partial charge in [0.2, 0.25) is 0 Å². The highest BCUT2D eigenvalue weighted by Crippen LogP contribution is 2.39. The summed E-state index contributed by atoms with van der Waals surface area (Å²) in [6.07, 6.45) is 1.81. The number of halogens is 1. The van der Waals surface area contributed by atoms with E-state index in [9.17, 15) is 4.79 Å². The van der Waals surface area contributed by atoms with E-state index >= 15 is 0 Å². The van der Waals surface area contributed by atoms with Gasteiger partial charge in [0.15, 0.2) is 11.5 Å². The summed E-state index contributed by atoms with van der Waals surface area (Å²) in [6, 6.07) is 11.9. The molecule has 0 spiro atoms. The summed E-state index contributed by atoms with van der Waals surface area (Å²) in [4.78, 5) is 14.2. The van der Waals surface area contributed by atoms with Gasteiger partial charge in [-0.3, -0.25) is 9.69 Å². The van der Waals surface area contributed by atoms with Crippen LogP contribution in [0.25, 0.3) is 6.08 Å². The molecule has 1 fully saturated rings. The van der Waals surface area contributed by atoms with Gasteiger partial charge in [0, 0.05) is 7.05 Å². The lowest BCUT2D eigenvalue weighted by Gasteiger charge is -2.14. The van der Waals surface area contributed by atoms with Gasteiger partial charge in [0.1, 0.15) is 10.9 Å². The first-order chi connectivity index (χ1) is 12.9. The van der Waals surface area contributed by atoms with E-state index in [2.05, 4.69) is 35.0 Å². The van der Waals surface area contributed by atoms with E-state index < -0.39 is 0 Å². The summed E-state index contributed by atoms with van der Waals surface area (Å²) in [6.45, 7) is 2.48. The smallest absolute Gasteiger partial charge is 0.265 e. The average Bonchev–Trinajstić information content (AvgIpc) is 2.88. The third-order valence-electron chi connectivity index (χ3n) is 4.04. The molecule has 1 aliphatic heterocycles. The number of likely N-dealkylation sites (N-methyl/N-ethyl adjacent to an activating group) is 1. The van der Waals surface area contributed by atoms with Crippen molar-refractivity contribution in [2.24, 2.45) is 0 Å². The van der Waals surface area contributed by atoms with Gasteiger partial charge in [-0.15, -0.1) is 0 Å². The summed E-state index contributed by atoms with van der Waals surface area (Å²) in [5, 5.41) is 0. The summed E-state index contributed by atoms with van der Waals surface area (Å²) in [7, 11) is 3.27. The number of amides is 1. The zero-order chi connectivity index (χ0) is 19.6. The number of thiocarbonyl (C=S) groups is 1. The minimum atomic E-state index is -0.0974. The molecule has 0 unspecified atom stereocenters. The number of thioether (sulfide) groups is 1. The maximum absolute atomic E-state index is 12.2. The number of carbonyl (C=O) groups excluding carboxylic acids is 1. The molecular formula is C20H18BrNO3S2. The van der Waals surface area contributed by atoms with Gasteiger partial charge in [-0.05, 0) is 52.2 Å². The Kier molecular flexibility index (Phi) is 6.24. The van der Waals surface area contributed by atoms with E-state index in [0.717, 1.165) is 15.6 Å². The minimum Gasteiger partial charge on any atom is -0.493 e. The highest BCUT2D eigenvalue weighted by atomic mass is 79.9. The molecule has 2 aromatic carbocycles. The summed E-state index contributed by atoms with van der Waals surface area (Å²) in [5.41, 5.74) is 3.11. The highest BCUT2D eigenvalue weighted by Gasteiger charge is 2.28. The largest absolute Gasteiger partial charge is 0.493 e. The quantitative estimate of drug-likeness (QED) is 0.451. The van der Waals surface area contributed by atoms with Crippen molar-refractivity contribution >= 4 is 56.2 Å². The number of methoxy groups -OCH3 is 1. The van der Waals surface area contributed by atoms with E-state index in [1.165, 1.54) is 22.2 Å². The molecule has 1 saturated heterocycles. The Morgan fingerprint density at radius 2 is 1.96 bits per heavy atom. The molecule has 1 heterocycles. The second-order valence-corrected chi connectivity index (χ2v) is 8.58. The van der Waals surface area contributed by atoms with Crippen molar-refractivity contribution in [2.45, 2.75) is 13.5 Å². The molecule has 3 rings (SSSR count). The maximum Gasteiger partial charge on any atom is 0.265 e. The molecule has 0 atom stereocenters. The molecule has 4 nitrogen and oxygen atoms in total. The Hall–Kier alpha value is -1.83. The van der Waals surface area contributed by atoms with Gasteiger partial charge >= 0.3 is 0 Å². The lowest BCUT2D eigenvalue weighted by molar-refractivity contribution is -0.121. The number of hydrogen-bond acceptors (Lipinski definition) is 5. The van der Waals surface area contributed by atoms with Crippen LogP contribution in [0.5, 0.6) is 11.5 Å². The van der Waals surface area contributed by atoms with Crippen molar-refractivity contribution in [1.29, 1.82) is 0 Å². The standard InChI is InChI=1S/C20H18BrNO3S2/c1-12-4-6-13(7-5-12)11-25-18-15(21)8-14(9-16(18)24-3)10-17-19(23)22(2)20(26)27-17/h4-10H,11H2,1-3H3/b17-10+. The zero-order valence-electron chi connectivity index (χ0n) is 15.1. The van der Waals surface area contributed by atoms with Crippen LogP contribution in [0, 0.1) is 6.92 Å². The van der Waals surface area contributed by atoms with Crippen LogP contribution in [0.4, 0.5) is 0 Å². The lowest BCUT2D eigenvalue weighted by atomic mass is 10.1. The second-order valence-electron chi connectivity index (χ2n) is 6.05. The fourth-order valence-corrected chi connectivity index (χ4v) is 4.25. The van der Waals surface area contributed by atoms with E-state index in [1.54, 1.807) is 20.2 Å². The molecule has 7 heteroatoms. The topological polar surface area (TPSA) is 38.8 Å². The third-order valence-corrected chi connectivity index (χ3v) is 6.11. The molecule has 2 aromatic rings. The normalized spacial score (nSPS) is 15.6. The van der Waals surface area contributed by atoms with Crippen molar-refractivity contribution in [3.63, 3.8) is 0 Å². The molecule has 1 aliphatic rings. The first kappa shape index (κ1) is 19.9. The summed E-state index contributed by atoms with van der Waals surface area (Å²) < 4.78 is 12.8. The number of benzene rings is 2. The molecule has 27 heavy (non-hydrogen) atoms. The summed E-state index contributed by atoms with van der Waals surface area (Å²) >= 11 is 10.0. The zero-order valence-corrected chi connectivity index (χ0v) is 18.3. The van der Waals surface area contributed by atoms with Crippen molar-refractivity contribution in [3.05, 3.63) is 62.5 Å². The van der Waals surface area contributed by atoms with Crippen LogP contribution in [-0.4, -0.2) is 29.3 Å². The fraction of sp³-hybridized carbons (Fsp3) is 0.200. The monoisotopic (exact) mass is 463 g/mol. The van der Waals surface area contributed by atoms with Gasteiger partial charge in [-0.2, -0.15) is 0 Å². The van der Waals surface area contributed by atoms with Crippen molar-refractivity contribution in [1.82, 2.24) is 4.90 Å². The van der Waals surface area contributed by atoms with Crippen molar-refractivity contribution < 1.29 is 14.3 Å². The van der Waals surface area contributed by atoms with Crippen LogP contribution < -0.4 is 9.47 Å². The van der Waals surface area contributed by atoms with Crippen LogP contribution >= 0.6 is 39.9 Å². The molecule has 0 saturated carbocycles. The van der Waals surface area contributed by atoms with Gasteiger partial charge in [0.05, 0.1) is 16.5 Å². The first-order valence-electron chi connectivity index (χ1n) is 8.16. The highest BCUT2D eigenvalue weighted by molar-refractivity contribution is 9.10. The van der Waals surface area contributed by atoms with Crippen LogP contribution in [0.15, 0.2) is 45.8 Å². The SMILES string of the molecule is COc1cc(/C=C2/SC(=S)N(C)C2=O)cc(Br)c1OCc1ccc(C)cc1. The van der Waals surface area contributed by atoms with Crippen LogP contribution in [0.3, 0.4) is 0 Å². The van der Waals surface area contributed by atoms with Gasteiger partial charge in [-0.1, -0.05) is 53.8 Å². The second kappa shape index (κ2) is 8.46. The van der Waals surface area contributed by atoms with E-state index in [-0.39, 0.29) is 5.91 Å². The van der Waals surface area contributed by atoms with Gasteiger partial charge < -0.3 is 9.47 Å².